The van der Waals surface area contributed by atoms with E-state index in [2.05, 4.69) is 9.71 Å². The predicted octanol–water partition coefficient (Wildman–Crippen LogP) is 5.69. The summed E-state index contributed by atoms with van der Waals surface area (Å²) in [5.41, 5.74) is 2.90. The summed E-state index contributed by atoms with van der Waals surface area (Å²) in [6.45, 7) is 5.92. The van der Waals surface area contributed by atoms with Crippen molar-refractivity contribution < 1.29 is 18.3 Å². The van der Waals surface area contributed by atoms with Crippen molar-refractivity contribution in [3.8, 4) is 11.5 Å². The van der Waals surface area contributed by atoms with Gasteiger partial charge >= 0.3 is 0 Å². The monoisotopic (exact) mass is 462 g/mol. The van der Waals surface area contributed by atoms with E-state index in [0.29, 0.717) is 28.3 Å². The number of anilines is 1. The zero-order valence-corrected chi connectivity index (χ0v) is 19.6. The van der Waals surface area contributed by atoms with Crippen molar-refractivity contribution in [3.63, 3.8) is 0 Å². The number of aliphatic imine (C=N–C) groups is 1. The summed E-state index contributed by atoms with van der Waals surface area (Å²) in [5.74, 6) is 0.722. The van der Waals surface area contributed by atoms with E-state index < -0.39 is 15.6 Å². The molecule has 0 fully saturated rings. The molecule has 1 aliphatic rings. The molecule has 0 aromatic heterocycles. The maximum Gasteiger partial charge on any atom is 0.261 e. The van der Waals surface area contributed by atoms with E-state index in [9.17, 15) is 13.5 Å². The van der Waals surface area contributed by atoms with Gasteiger partial charge in [0.05, 0.1) is 16.1 Å². The van der Waals surface area contributed by atoms with Crippen LogP contribution in [0.5, 0.6) is 11.5 Å². The quantitative estimate of drug-likeness (QED) is 0.461. The number of hydrogen-bond donors (Lipinski definition) is 2. The van der Waals surface area contributed by atoms with E-state index >= 15 is 0 Å². The van der Waals surface area contributed by atoms with E-state index in [1.54, 1.807) is 48.7 Å². The molecule has 7 heteroatoms. The van der Waals surface area contributed by atoms with Gasteiger partial charge in [0.1, 0.15) is 17.1 Å². The number of fused-ring (bicyclic) bond motifs is 1. The van der Waals surface area contributed by atoms with Crippen LogP contribution in [0.3, 0.4) is 0 Å². The molecule has 1 heterocycles. The van der Waals surface area contributed by atoms with Gasteiger partial charge in [-0.1, -0.05) is 19.1 Å². The second kappa shape index (κ2) is 8.75. The van der Waals surface area contributed by atoms with E-state index in [1.165, 1.54) is 0 Å². The van der Waals surface area contributed by atoms with Crippen LogP contribution >= 0.6 is 0 Å². The number of benzene rings is 3. The fraction of sp³-hybridized carbons (Fsp3) is 0.192. The first-order valence-corrected chi connectivity index (χ1v) is 12.2. The van der Waals surface area contributed by atoms with Gasteiger partial charge < -0.3 is 9.84 Å². The van der Waals surface area contributed by atoms with E-state index in [0.717, 1.165) is 12.0 Å². The molecule has 4 rings (SSSR count). The summed E-state index contributed by atoms with van der Waals surface area (Å²) >= 11 is 0. The molecule has 2 N–H and O–H groups in total. The third kappa shape index (κ3) is 5.09. The summed E-state index contributed by atoms with van der Waals surface area (Å²) < 4.78 is 33.7. The van der Waals surface area contributed by atoms with Crippen molar-refractivity contribution in [2.45, 2.75) is 37.7 Å². The van der Waals surface area contributed by atoms with Crippen LogP contribution in [0.15, 0.2) is 76.6 Å². The molecule has 0 atom stereocenters. The number of aromatic hydroxyl groups is 1. The van der Waals surface area contributed by atoms with Crippen LogP contribution in [0, 0.1) is 0 Å². The molecule has 0 radical (unpaired) electrons. The highest BCUT2D eigenvalue weighted by Crippen LogP contribution is 2.38. The second-order valence-corrected chi connectivity index (χ2v) is 10.0. The molecule has 0 amide bonds. The number of aryl methyl sites for hydroxylation is 1. The highest BCUT2D eigenvalue weighted by Gasteiger charge is 2.24. The van der Waals surface area contributed by atoms with Gasteiger partial charge in [-0.2, -0.15) is 0 Å². The van der Waals surface area contributed by atoms with Crippen LogP contribution in [-0.2, 0) is 16.4 Å². The molecule has 3 aromatic carbocycles. The lowest BCUT2D eigenvalue weighted by Gasteiger charge is -2.28. The van der Waals surface area contributed by atoms with Gasteiger partial charge in [0.15, 0.2) is 0 Å². The van der Waals surface area contributed by atoms with Crippen molar-refractivity contribution >= 4 is 33.7 Å². The fourth-order valence-electron chi connectivity index (χ4n) is 3.44. The molecular weight excluding hydrogens is 436 g/mol. The number of nitrogens with zero attached hydrogens (tertiary/aromatic N) is 1. The Balaban J connectivity index is 1.48. The Labute approximate surface area is 194 Å². The lowest BCUT2D eigenvalue weighted by molar-refractivity contribution is 0.158. The predicted molar refractivity (Wildman–Crippen MR) is 132 cm³/mol. The Morgan fingerprint density at radius 2 is 1.73 bits per heavy atom. The summed E-state index contributed by atoms with van der Waals surface area (Å²) in [6.07, 6.45) is 6.16. The minimum absolute atomic E-state index is 0.0986. The first kappa shape index (κ1) is 22.6. The van der Waals surface area contributed by atoms with Crippen molar-refractivity contribution in [2.24, 2.45) is 4.99 Å². The van der Waals surface area contributed by atoms with Gasteiger partial charge in [-0.15, -0.1) is 0 Å². The van der Waals surface area contributed by atoms with Crippen LogP contribution in [0.25, 0.3) is 6.08 Å². The summed E-state index contributed by atoms with van der Waals surface area (Å²) in [7, 11) is -3.67. The second-order valence-electron chi connectivity index (χ2n) is 8.36. The topological polar surface area (TPSA) is 88.0 Å². The smallest absolute Gasteiger partial charge is 0.261 e. The van der Waals surface area contributed by atoms with Gasteiger partial charge in [0, 0.05) is 17.5 Å². The number of rotatable bonds is 6. The SMILES string of the molecule is CCc1ccc(S(=O)(=O)Nc2ccc(/N=C/c3ccc4c(c3O)C=CC(C)(C)O4)cc2)cc1. The van der Waals surface area contributed by atoms with Gasteiger partial charge in [-0.3, -0.25) is 9.71 Å². The lowest BCUT2D eigenvalue weighted by Crippen LogP contribution is -2.27. The van der Waals surface area contributed by atoms with Crippen molar-refractivity contribution in [1.82, 2.24) is 0 Å². The Hall–Kier alpha value is -3.58. The third-order valence-corrected chi connectivity index (χ3v) is 6.74. The van der Waals surface area contributed by atoms with Crippen molar-refractivity contribution in [1.29, 1.82) is 0 Å². The van der Waals surface area contributed by atoms with E-state index in [4.69, 9.17) is 4.74 Å². The average molecular weight is 463 g/mol. The van der Waals surface area contributed by atoms with Crippen LogP contribution in [-0.4, -0.2) is 25.3 Å². The van der Waals surface area contributed by atoms with Crippen molar-refractivity contribution in [2.75, 3.05) is 4.72 Å². The van der Waals surface area contributed by atoms with Gasteiger partial charge in [0.25, 0.3) is 10.0 Å². The van der Waals surface area contributed by atoms with Crippen LogP contribution in [0.2, 0.25) is 0 Å². The first-order valence-electron chi connectivity index (χ1n) is 10.7. The third-order valence-electron chi connectivity index (χ3n) is 5.35. The molecule has 170 valence electrons. The Bertz CT molecular complexity index is 1320. The minimum atomic E-state index is -3.67. The van der Waals surface area contributed by atoms with Crippen molar-refractivity contribution in [3.05, 3.63) is 83.4 Å². The summed E-state index contributed by atoms with van der Waals surface area (Å²) in [6, 6.07) is 17.1. The maximum absolute atomic E-state index is 12.6. The number of ether oxygens (including phenoxy) is 1. The summed E-state index contributed by atoms with van der Waals surface area (Å²) in [5, 5.41) is 10.6. The summed E-state index contributed by atoms with van der Waals surface area (Å²) in [4.78, 5) is 4.62. The minimum Gasteiger partial charge on any atom is -0.506 e. The largest absolute Gasteiger partial charge is 0.506 e. The molecule has 0 spiro atoms. The number of phenolic OH excluding ortho intramolecular Hbond substituents is 1. The van der Waals surface area contributed by atoms with E-state index in [1.807, 2.05) is 51.1 Å². The molecular formula is C26H26N2O4S. The van der Waals surface area contributed by atoms with Gasteiger partial charge in [0.2, 0.25) is 0 Å². The first-order chi connectivity index (χ1) is 15.7. The standard InChI is InChI=1S/C26H26N2O4S/c1-4-18-5-12-22(13-6-18)33(30,31)28-21-10-8-20(9-11-21)27-17-19-7-14-24-23(25(19)29)15-16-26(2,3)32-24/h5-17,28-29H,4H2,1-3H3/b27-17+. The van der Waals surface area contributed by atoms with Crippen LogP contribution < -0.4 is 9.46 Å². The zero-order chi connectivity index (χ0) is 23.6. The van der Waals surface area contributed by atoms with Crippen LogP contribution in [0.1, 0.15) is 37.5 Å². The van der Waals surface area contributed by atoms with Gasteiger partial charge in [-0.05, 0) is 86.5 Å². The zero-order valence-electron chi connectivity index (χ0n) is 18.7. The maximum atomic E-state index is 12.6. The molecule has 33 heavy (non-hydrogen) atoms. The number of nitrogens with one attached hydrogen (secondary N) is 1. The normalized spacial score (nSPS) is 14.6. The highest BCUT2D eigenvalue weighted by atomic mass is 32.2. The Morgan fingerprint density at radius 1 is 1.03 bits per heavy atom. The molecule has 0 aliphatic carbocycles. The lowest BCUT2D eigenvalue weighted by atomic mass is 10.00. The fourth-order valence-corrected chi connectivity index (χ4v) is 4.50. The molecule has 6 nitrogen and oxygen atoms in total. The molecule has 1 aliphatic heterocycles. The Kier molecular flexibility index (Phi) is 5.99. The van der Waals surface area contributed by atoms with Crippen LogP contribution in [0.4, 0.5) is 11.4 Å². The Morgan fingerprint density at radius 3 is 2.39 bits per heavy atom. The number of phenols is 1. The molecule has 0 saturated heterocycles. The number of sulfonamides is 1. The highest BCUT2D eigenvalue weighted by molar-refractivity contribution is 7.92. The average Bonchev–Trinajstić information content (AvgIpc) is 2.79. The molecule has 0 bridgehead atoms. The van der Waals surface area contributed by atoms with Gasteiger partial charge in [-0.25, -0.2) is 8.42 Å². The molecule has 3 aromatic rings. The number of hydrogen-bond acceptors (Lipinski definition) is 5. The molecule has 0 unspecified atom stereocenters. The van der Waals surface area contributed by atoms with E-state index in [-0.39, 0.29) is 10.6 Å². The molecule has 0 saturated carbocycles.